The normalized spacial score (nSPS) is 14.1. The molecule has 0 saturated carbocycles. The molecule has 4 atom stereocenters. The fraction of sp³-hybridized carbons (Fsp3) is 0.647. The molecule has 14 heteroatoms. The van der Waals surface area contributed by atoms with E-state index in [1.54, 1.807) is 0 Å². The lowest BCUT2D eigenvalue weighted by atomic mass is 10.3. The molecule has 0 rings (SSSR count). The van der Waals surface area contributed by atoms with Crippen molar-refractivity contribution in [1.29, 1.82) is 0 Å². The van der Waals surface area contributed by atoms with Gasteiger partial charge in [0.15, 0.2) is 24.4 Å². The summed E-state index contributed by atoms with van der Waals surface area (Å²) in [6.45, 7) is 1.81. The highest BCUT2D eigenvalue weighted by molar-refractivity contribution is 5.84. The highest BCUT2D eigenvalue weighted by Gasteiger charge is 2.27. The molecule has 14 nitrogen and oxygen atoms in total. The average molecular weight is 452 g/mol. The molecule has 0 aliphatic carbocycles. The molecule has 4 unspecified atom stereocenters. The van der Waals surface area contributed by atoms with Crippen LogP contribution < -0.4 is 0 Å². The lowest BCUT2D eigenvalue weighted by molar-refractivity contribution is -0.189. The van der Waals surface area contributed by atoms with Crippen LogP contribution in [0.2, 0.25) is 0 Å². The van der Waals surface area contributed by atoms with E-state index in [2.05, 4.69) is 18.9 Å². The van der Waals surface area contributed by atoms with Crippen LogP contribution in [0.1, 0.15) is 27.7 Å². The van der Waals surface area contributed by atoms with Crippen LogP contribution in [-0.2, 0) is 57.2 Å². The van der Waals surface area contributed by atoms with Gasteiger partial charge in [0.25, 0.3) is 0 Å². The van der Waals surface area contributed by atoms with Crippen molar-refractivity contribution in [2.45, 2.75) is 52.1 Å². The van der Waals surface area contributed by atoms with Gasteiger partial charge >= 0.3 is 35.8 Å². The van der Waals surface area contributed by atoms with Gasteiger partial charge in [-0.1, -0.05) is 0 Å². The van der Waals surface area contributed by atoms with Crippen LogP contribution in [0.3, 0.4) is 0 Å². The minimum absolute atomic E-state index is 0.897. The first-order valence-corrected chi connectivity index (χ1v) is 8.77. The van der Waals surface area contributed by atoms with Crippen molar-refractivity contribution in [3.63, 3.8) is 0 Å². The third-order valence-electron chi connectivity index (χ3n) is 3.19. The zero-order valence-electron chi connectivity index (χ0n) is 17.2. The third kappa shape index (κ3) is 10.9. The van der Waals surface area contributed by atoms with Crippen LogP contribution in [-0.4, -0.2) is 90.5 Å². The summed E-state index contributed by atoms with van der Waals surface area (Å²) in [5, 5.41) is 17.1. The van der Waals surface area contributed by atoms with Crippen LogP contribution >= 0.6 is 0 Å². The van der Waals surface area contributed by atoms with Crippen molar-refractivity contribution < 1.29 is 67.4 Å². The summed E-state index contributed by atoms with van der Waals surface area (Å²) in [5.74, 6) is -6.50. The summed E-state index contributed by atoms with van der Waals surface area (Å²) < 4.78 is 27.6. The maximum absolute atomic E-state index is 11.7. The van der Waals surface area contributed by atoms with E-state index in [-0.39, 0.29) is 0 Å². The van der Waals surface area contributed by atoms with Gasteiger partial charge in [-0.2, -0.15) is 0 Å². The van der Waals surface area contributed by atoms with Crippen molar-refractivity contribution >= 4 is 35.8 Å². The summed E-state index contributed by atoms with van der Waals surface area (Å²) >= 11 is 0. The van der Waals surface area contributed by atoms with E-state index >= 15 is 0 Å². The standard InChI is InChI=1S/C17H24O14/c1-8(30-16(24)10(3)28-12(20)5-18)14(22)26-7-27-15(23)9(2)31-17(25)11(4)29-13(21)6-19/h8-11,18-19H,5-7H2,1-4H3. The van der Waals surface area contributed by atoms with Crippen LogP contribution in [0.4, 0.5) is 0 Å². The van der Waals surface area contributed by atoms with Gasteiger partial charge in [-0.05, 0) is 27.7 Å². The molecule has 31 heavy (non-hydrogen) atoms. The predicted octanol–water partition coefficient (Wildman–Crippen LogP) is -2.26. The number of esters is 6. The van der Waals surface area contributed by atoms with Crippen molar-refractivity contribution in [2.75, 3.05) is 20.0 Å². The minimum Gasteiger partial charge on any atom is -0.449 e. The Morgan fingerprint density at radius 1 is 0.548 bits per heavy atom. The first kappa shape index (κ1) is 27.7. The molecule has 0 fully saturated rings. The maximum Gasteiger partial charge on any atom is 0.350 e. The summed E-state index contributed by atoms with van der Waals surface area (Å²) in [4.78, 5) is 68.6. The largest absolute Gasteiger partial charge is 0.449 e. The Balaban J connectivity index is 4.35. The molecule has 0 radical (unpaired) electrons. The minimum atomic E-state index is -1.45. The molecular weight excluding hydrogens is 428 g/mol. The Morgan fingerprint density at radius 3 is 1.13 bits per heavy atom. The number of rotatable bonds is 12. The van der Waals surface area contributed by atoms with Gasteiger partial charge in [-0.3, -0.25) is 0 Å². The molecule has 0 amide bonds. The molecule has 0 saturated heterocycles. The number of carbonyl (C=O) groups is 6. The zero-order valence-corrected chi connectivity index (χ0v) is 17.2. The Kier molecular flexibility index (Phi) is 12.4. The molecule has 2 N–H and O–H groups in total. The maximum atomic E-state index is 11.7. The van der Waals surface area contributed by atoms with Gasteiger partial charge in [0.1, 0.15) is 13.2 Å². The SMILES string of the molecule is CC(OC(=O)CO)C(=O)OC(C)C(=O)OCOC(=O)C(C)OC(=O)C(C)OC(=O)CO. The van der Waals surface area contributed by atoms with Crippen LogP contribution in [0.5, 0.6) is 0 Å². The van der Waals surface area contributed by atoms with Gasteiger partial charge in [0.05, 0.1) is 0 Å². The Bertz CT molecular complexity index is 616. The summed E-state index contributed by atoms with van der Waals surface area (Å²) in [5.41, 5.74) is 0. The molecule has 0 aliphatic heterocycles. The monoisotopic (exact) mass is 452 g/mol. The second kappa shape index (κ2) is 13.9. The second-order valence-corrected chi connectivity index (χ2v) is 5.78. The van der Waals surface area contributed by atoms with Gasteiger partial charge in [0, 0.05) is 0 Å². The van der Waals surface area contributed by atoms with E-state index in [4.69, 9.17) is 19.7 Å². The van der Waals surface area contributed by atoms with Gasteiger partial charge < -0.3 is 38.6 Å². The average Bonchev–Trinajstić information content (AvgIpc) is 2.72. The van der Waals surface area contributed by atoms with E-state index < -0.39 is 80.2 Å². The number of hydrogen-bond donors (Lipinski definition) is 2. The van der Waals surface area contributed by atoms with Crippen molar-refractivity contribution in [3.05, 3.63) is 0 Å². The van der Waals surface area contributed by atoms with E-state index in [9.17, 15) is 28.8 Å². The molecule has 0 heterocycles. The smallest absolute Gasteiger partial charge is 0.350 e. The Labute approximate surface area is 176 Å². The molecular formula is C17H24O14. The van der Waals surface area contributed by atoms with Crippen molar-refractivity contribution in [3.8, 4) is 0 Å². The lowest BCUT2D eigenvalue weighted by Crippen LogP contribution is -2.35. The van der Waals surface area contributed by atoms with E-state index in [0.717, 1.165) is 27.7 Å². The number of hydrogen-bond acceptors (Lipinski definition) is 14. The van der Waals surface area contributed by atoms with Crippen LogP contribution in [0.15, 0.2) is 0 Å². The summed E-state index contributed by atoms with van der Waals surface area (Å²) in [7, 11) is 0. The van der Waals surface area contributed by atoms with Crippen molar-refractivity contribution in [1.82, 2.24) is 0 Å². The topological polar surface area (TPSA) is 198 Å². The number of ether oxygens (including phenoxy) is 6. The summed E-state index contributed by atoms with van der Waals surface area (Å²) in [6.07, 6.45) is -5.66. The molecule has 0 spiro atoms. The van der Waals surface area contributed by atoms with E-state index in [0.29, 0.717) is 0 Å². The second-order valence-electron chi connectivity index (χ2n) is 5.78. The Morgan fingerprint density at radius 2 is 0.839 bits per heavy atom. The highest BCUT2D eigenvalue weighted by atomic mass is 16.7. The number of aliphatic hydroxyl groups is 2. The highest BCUT2D eigenvalue weighted by Crippen LogP contribution is 2.04. The number of aliphatic hydroxyl groups excluding tert-OH is 2. The lowest BCUT2D eigenvalue weighted by Gasteiger charge is -2.17. The van der Waals surface area contributed by atoms with Crippen LogP contribution in [0, 0.1) is 0 Å². The van der Waals surface area contributed by atoms with Gasteiger partial charge in [-0.15, -0.1) is 0 Å². The molecule has 0 aliphatic rings. The molecule has 0 aromatic carbocycles. The van der Waals surface area contributed by atoms with Crippen LogP contribution in [0.25, 0.3) is 0 Å². The van der Waals surface area contributed by atoms with Gasteiger partial charge in [0.2, 0.25) is 6.79 Å². The quantitative estimate of drug-likeness (QED) is 0.183. The van der Waals surface area contributed by atoms with E-state index in [1.807, 2.05) is 0 Å². The predicted molar refractivity (Wildman–Crippen MR) is 93.4 cm³/mol. The fourth-order valence-electron chi connectivity index (χ4n) is 1.58. The van der Waals surface area contributed by atoms with Crippen molar-refractivity contribution in [2.24, 2.45) is 0 Å². The van der Waals surface area contributed by atoms with E-state index in [1.165, 1.54) is 0 Å². The Hall–Kier alpha value is -3.26. The summed E-state index contributed by atoms with van der Waals surface area (Å²) in [6, 6.07) is 0. The molecule has 176 valence electrons. The molecule has 0 aromatic heterocycles. The molecule has 0 bridgehead atoms. The molecule has 0 aromatic rings. The first-order chi connectivity index (χ1) is 14.4. The number of carbonyl (C=O) groups excluding carboxylic acids is 6. The van der Waals surface area contributed by atoms with Gasteiger partial charge in [-0.25, -0.2) is 28.8 Å². The first-order valence-electron chi connectivity index (χ1n) is 8.77. The zero-order chi connectivity index (χ0) is 24.1. The fourth-order valence-corrected chi connectivity index (χ4v) is 1.58. The third-order valence-corrected chi connectivity index (χ3v) is 3.19.